The highest BCUT2D eigenvalue weighted by Gasteiger charge is 2.05. The zero-order valence-corrected chi connectivity index (χ0v) is 9.30. The van der Waals surface area contributed by atoms with E-state index in [0.717, 1.165) is 13.0 Å². The summed E-state index contributed by atoms with van der Waals surface area (Å²) in [7, 11) is 1.95. The molecule has 0 saturated heterocycles. The van der Waals surface area contributed by atoms with Crippen LogP contribution in [-0.4, -0.2) is 13.6 Å². The highest BCUT2D eigenvalue weighted by atomic mass is 14.8. The molecule has 0 aliphatic heterocycles. The number of hydrogen-bond donors (Lipinski definition) is 2. The maximum Gasteiger partial charge on any atom is 0.0307 e. The molecule has 2 heteroatoms. The van der Waals surface area contributed by atoms with Crippen molar-refractivity contribution in [2.45, 2.75) is 26.3 Å². The van der Waals surface area contributed by atoms with Gasteiger partial charge >= 0.3 is 0 Å². The van der Waals surface area contributed by atoms with Crippen LogP contribution in [0.15, 0.2) is 18.2 Å². The van der Waals surface area contributed by atoms with Crippen molar-refractivity contribution in [2.24, 2.45) is 5.73 Å². The van der Waals surface area contributed by atoms with Gasteiger partial charge in [0.1, 0.15) is 0 Å². The zero-order valence-electron chi connectivity index (χ0n) is 9.30. The maximum absolute atomic E-state index is 6.06. The second-order valence-corrected chi connectivity index (χ2v) is 3.84. The Balaban J connectivity index is 2.70. The number of nitrogens with one attached hydrogen (secondary N) is 1. The van der Waals surface area contributed by atoms with Gasteiger partial charge in [0.25, 0.3) is 0 Å². The molecular formula is C12H20N2. The minimum Gasteiger partial charge on any atom is -0.324 e. The van der Waals surface area contributed by atoms with Gasteiger partial charge in [-0.15, -0.1) is 0 Å². The Morgan fingerprint density at radius 2 is 2.00 bits per heavy atom. The van der Waals surface area contributed by atoms with Crippen molar-refractivity contribution in [1.29, 1.82) is 0 Å². The number of benzene rings is 1. The van der Waals surface area contributed by atoms with Gasteiger partial charge in [0.2, 0.25) is 0 Å². The standard InChI is InChI=1S/C12H20N2/c1-9-4-5-11(8-10(9)2)12(13)6-7-14-3/h4-5,8,12,14H,6-7,13H2,1-3H3. The van der Waals surface area contributed by atoms with Crippen molar-refractivity contribution < 1.29 is 0 Å². The highest BCUT2D eigenvalue weighted by molar-refractivity contribution is 5.31. The Kier molecular flexibility index (Phi) is 4.11. The largest absolute Gasteiger partial charge is 0.324 e. The number of hydrogen-bond acceptors (Lipinski definition) is 2. The predicted molar refractivity (Wildman–Crippen MR) is 61.4 cm³/mol. The molecule has 0 aliphatic rings. The van der Waals surface area contributed by atoms with E-state index in [-0.39, 0.29) is 6.04 Å². The van der Waals surface area contributed by atoms with Crippen LogP contribution in [0, 0.1) is 13.8 Å². The van der Waals surface area contributed by atoms with Gasteiger partial charge < -0.3 is 11.1 Å². The summed E-state index contributed by atoms with van der Waals surface area (Å²) in [5.74, 6) is 0. The molecule has 78 valence electrons. The SMILES string of the molecule is CNCCC(N)c1ccc(C)c(C)c1. The Morgan fingerprint density at radius 3 is 2.57 bits per heavy atom. The van der Waals surface area contributed by atoms with Crippen LogP contribution in [0.3, 0.4) is 0 Å². The average Bonchev–Trinajstić information content (AvgIpc) is 2.18. The van der Waals surface area contributed by atoms with Crippen molar-refractivity contribution in [2.75, 3.05) is 13.6 Å². The number of nitrogens with two attached hydrogens (primary N) is 1. The normalized spacial score (nSPS) is 12.9. The lowest BCUT2D eigenvalue weighted by Crippen LogP contribution is -2.18. The first-order valence-electron chi connectivity index (χ1n) is 5.12. The minimum atomic E-state index is 0.154. The lowest BCUT2D eigenvalue weighted by atomic mass is 10.00. The van der Waals surface area contributed by atoms with Crippen LogP contribution in [0.1, 0.15) is 29.2 Å². The summed E-state index contributed by atoms with van der Waals surface area (Å²) >= 11 is 0. The summed E-state index contributed by atoms with van der Waals surface area (Å²) in [5.41, 5.74) is 9.95. The van der Waals surface area contributed by atoms with Crippen LogP contribution in [-0.2, 0) is 0 Å². The average molecular weight is 192 g/mol. The third-order valence-electron chi connectivity index (χ3n) is 2.66. The molecular weight excluding hydrogens is 172 g/mol. The summed E-state index contributed by atoms with van der Waals surface area (Å²) < 4.78 is 0. The summed E-state index contributed by atoms with van der Waals surface area (Å²) in [6.07, 6.45) is 0.985. The van der Waals surface area contributed by atoms with Crippen LogP contribution in [0.2, 0.25) is 0 Å². The van der Waals surface area contributed by atoms with Crippen molar-refractivity contribution in [3.63, 3.8) is 0 Å². The zero-order chi connectivity index (χ0) is 10.6. The monoisotopic (exact) mass is 192 g/mol. The van der Waals surface area contributed by atoms with E-state index in [1.807, 2.05) is 7.05 Å². The molecule has 2 nitrogen and oxygen atoms in total. The van der Waals surface area contributed by atoms with Crippen LogP contribution >= 0.6 is 0 Å². The number of aryl methyl sites for hydroxylation is 2. The van der Waals surface area contributed by atoms with E-state index in [0.29, 0.717) is 0 Å². The Labute approximate surface area is 86.5 Å². The first-order valence-corrected chi connectivity index (χ1v) is 5.12. The summed E-state index contributed by atoms with van der Waals surface area (Å²) in [6.45, 7) is 5.22. The molecule has 0 saturated carbocycles. The van der Waals surface area contributed by atoms with Crippen LogP contribution in [0.5, 0.6) is 0 Å². The van der Waals surface area contributed by atoms with Crippen LogP contribution in [0.25, 0.3) is 0 Å². The Morgan fingerprint density at radius 1 is 1.29 bits per heavy atom. The van der Waals surface area contributed by atoms with E-state index >= 15 is 0 Å². The first kappa shape index (κ1) is 11.2. The van der Waals surface area contributed by atoms with Gasteiger partial charge in [-0.05, 0) is 50.6 Å². The van der Waals surface area contributed by atoms with E-state index in [1.165, 1.54) is 16.7 Å². The molecule has 0 heterocycles. The minimum absolute atomic E-state index is 0.154. The van der Waals surface area contributed by atoms with E-state index in [2.05, 4.69) is 37.4 Å². The fourth-order valence-electron chi connectivity index (χ4n) is 1.46. The third-order valence-corrected chi connectivity index (χ3v) is 2.66. The third kappa shape index (κ3) is 2.82. The van der Waals surface area contributed by atoms with E-state index in [9.17, 15) is 0 Å². The lowest BCUT2D eigenvalue weighted by molar-refractivity contribution is 0.615. The smallest absolute Gasteiger partial charge is 0.0307 e. The first-order chi connectivity index (χ1) is 6.65. The topological polar surface area (TPSA) is 38.0 Å². The fraction of sp³-hybridized carbons (Fsp3) is 0.500. The molecule has 1 rings (SSSR count). The predicted octanol–water partition coefficient (Wildman–Crippen LogP) is 1.91. The van der Waals surface area contributed by atoms with Gasteiger partial charge in [-0.1, -0.05) is 18.2 Å². The molecule has 0 radical (unpaired) electrons. The van der Waals surface area contributed by atoms with Gasteiger partial charge in [0, 0.05) is 6.04 Å². The van der Waals surface area contributed by atoms with E-state index in [1.54, 1.807) is 0 Å². The molecule has 0 aromatic heterocycles. The van der Waals surface area contributed by atoms with Gasteiger partial charge in [0.05, 0.1) is 0 Å². The van der Waals surface area contributed by atoms with Gasteiger partial charge in [0.15, 0.2) is 0 Å². The Bertz CT molecular complexity index is 294. The molecule has 1 unspecified atom stereocenters. The van der Waals surface area contributed by atoms with Crippen molar-refractivity contribution in [3.8, 4) is 0 Å². The summed E-state index contributed by atoms with van der Waals surface area (Å²) in [6, 6.07) is 6.61. The van der Waals surface area contributed by atoms with Crippen molar-refractivity contribution in [3.05, 3.63) is 34.9 Å². The number of rotatable bonds is 4. The summed E-state index contributed by atoms with van der Waals surface area (Å²) in [4.78, 5) is 0. The molecule has 1 aromatic carbocycles. The maximum atomic E-state index is 6.06. The van der Waals surface area contributed by atoms with Gasteiger partial charge in [-0.2, -0.15) is 0 Å². The van der Waals surface area contributed by atoms with Crippen molar-refractivity contribution in [1.82, 2.24) is 5.32 Å². The molecule has 1 atom stereocenters. The lowest BCUT2D eigenvalue weighted by Gasteiger charge is -2.13. The highest BCUT2D eigenvalue weighted by Crippen LogP contribution is 2.17. The molecule has 0 spiro atoms. The Hall–Kier alpha value is -0.860. The molecule has 0 aliphatic carbocycles. The van der Waals surface area contributed by atoms with Crippen molar-refractivity contribution >= 4 is 0 Å². The quantitative estimate of drug-likeness (QED) is 0.765. The molecule has 0 fully saturated rings. The molecule has 0 amide bonds. The van der Waals surface area contributed by atoms with Gasteiger partial charge in [-0.25, -0.2) is 0 Å². The second-order valence-electron chi connectivity index (χ2n) is 3.84. The fourth-order valence-corrected chi connectivity index (χ4v) is 1.46. The molecule has 14 heavy (non-hydrogen) atoms. The van der Waals surface area contributed by atoms with E-state index in [4.69, 9.17) is 5.73 Å². The molecule has 0 bridgehead atoms. The molecule has 3 N–H and O–H groups in total. The van der Waals surface area contributed by atoms with Crippen LogP contribution in [0.4, 0.5) is 0 Å². The van der Waals surface area contributed by atoms with Gasteiger partial charge in [-0.3, -0.25) is 0 Å². The van der Waals surface area contributed by atoms with Crippen LogP contribution < -0.4 is 11.1 Å². The molecule has 1 aromatic rings. The van der Waals surface area contributed by atoms with E-state index < -0.39 is 0 Å². The summed E-state index contributed by atoms with van der Waals surface area (Å²) in [5, 5.41) is 3.11. The second kappa shape index (κ2) is 5.13.